The van der Waals surface area contributed by atoms with Gasteiger partial charge in [-0.15, -0.1) is 6.58 Å². The van der Waals surface area contributed by atoms with Gasteiger partial charge >= 0.3 is 0 Å². The lowest BCUT2D eigenvalue weighted by molar-refractivity contribution is -0.116. The molecule has 1 aliphatic rings. The van der Waals surface area contributed by atoms with Crippen molar-refractivity contribution in [1.29, 1.82) is 0 Å². The van der Waals surface area contributed by atoms with E-state index in [0.717, 1.165) is 24.8 Å². The van der Waals surface area contributed by atoms with Crippen molar-refractivity contribution in [3.05, 3.63) is 23.8 Å². The topological polar surface area (TPSA) is 17.1 Å². The van der Waals surface area contributed by atoms with Crippen molar-refractivity contribution in [2.45, 2.75) is 33.1 Å². The molecule has 1 nitrogen and oxygen atoms in total. The minimum atomic E-state index is 0.313. The van der Waals surface area contributed by atoms with Crippen molar-refractivity contribution in [2.24, 2.45) is 5.92 Å². The monoisotopic (exact) mass is 164 g/mol. The lowest BCUT2D eigenvalue weighted by Gasteiger charge is -2.18. The van der Waals surface area contributed by atoms with Gasteiger partial charge in [0.1, 0.15) is 0 Å². The molecule has 0 aromatic rings. The van der Waals surface area contributed by atoms with Gasteiger partial charge in [-0.05, 0) is 38.2 Å². The van der Waals surface area contributed by atoms with Gasteiger partial charge in [0.2, 0.25) is 0 Å². The molecule has 1 aliphatic carbocycles. The third kappa shape index (κ3) is 2.33. The first-order chi connectivity index (χ1) is 5.59. The summed E-state index contributed by atoms with van der Waals surface area (Å²) in [4.78, 5) is 11.1. The average molecular weight is 164 g/mol. The Balaban J connectivity index is 2.60. The van der Waals surface area contributed by atoms with Crippen LogP contribution in [-0.4, -0.2) is 5.78 Å². The highest BCUT2D eigenvalue weighted by molar-refractivity contribution is 5.95. The maximum atomic E-state index is 11.1. The molecule has 1 heteroatoms. The second kappa shape index (κ2) is 3.70. The zero-order valence-corrected chi connectivity index (χ0v) is 7.89. The van der Waals surface area contributed by atoms with E-state index < -0.39 is 0 Å². The lowest BCUT2D eigenvalue weighted by atomic mass is 9.87. The molecule has 66 valence electrons. The minimum absolute atomic E-state index is 0.313. The molecule has 1 atom stereocenters. The van der Waals surface area contributed by atoms with Gasteiger partial charge in [-0.1, -0.05) is 11.6 Å². The highest BCUT2D eigenvalue weighted by Gasteiger charge is 2.16. The first kappa shape index (κ1) is 9.24. The molecule has 12 heavy (non-hydrogen) atoms. The van der Waals surface area contributed by atoms with E-state index in [9.17, 15) is 4.79 Å². The van der Waals surface area contributed by atoms with Gasteiger partial charge in [0.25, 0.3) is 0 Å². The summed E-state index contributed by atoms with van der Waals surface area (Å²) >= 11 is 0. The number of hydrogen-bond donors (Lipinski definition) is 0. The van der Waals surface area contributed by atoms with Crippen LogP contribution in [0.4, 0.5) is 0 Å². The molecule has 0 spiro atoms. The summed E-state index contributed by atoms with van der Waals surface area (Å²) < 4.78 is 0. The SMILES string of the molecule is C=C(C)CC1C=C(C)C(=O)CC1. The molecule has 0 fully saturated rings. The highest BCUT2D eigenvalue weighted by atomic mass is 16.1. The summed E-state index contributed by atoms with van der Waals surface area (Å²) in [6, 6.07) is 0. The Kier molecular flexibility index (Phi) is 2.85. The zero-order chi connectivity index (χ0) is 9.14. The molecule has 0 aromatic carbocycles. The second-order valence-corrected chi connectivity index (χ2v) is 3.73. The highest BCUT2D eigenvalue weighted by Crippen LogP contribution is 2.24. The Labute approximate surface area is 74.2 Å². The van der Waals surface area contributed by atoms with Crippen LogP contribution in [0.25, 0.3) is 0 Å². The first-order valence-corrected chi connectivity index (χ1v) is 4.45. The van der Waals surface area contributed by atoms with Crippen LogP contribution in [0.2, 0.25) is 0 Å². The van der Waals surface area contributed by atoms with E-state index in [-0.39, 0.29) is 0 Å². The van der Waals surface area contributed by atoms with Gasteiger partial charge in [0.15, 0.2) is 5.78 Å². The fourth-order valence-corrected chi connectivity index (χ4v) is 1.65. The number of Topliss-reactive ketones (excluding diaryl/α,β-unsaturated/α-hetero) is 1. The number of rotatable bonds is 2. The Hall–Kier alpha value is -0.850. The summed E-state index contributed by atoms with van der Waals surface area (Å²) in [7, 11) is 0. The minimum Gasteiger partial charge on any atom is -0.295 e. The molecule has 0 aromatic heterocycles. The van der Waals surface area contributed by atoms with Gasteiger partial charge < -0.3 is 0 Å². The Bertz CT molecular complexity index is 235. The predicted molar refractivity (Wildman–Crippen MR) is 50.9 cm³/mol. The van der Waals surface area contributed by atoms with Crippen LogP contribution in [0.3, 0.4) is 0 Å². The maximum Gasteiger partial charge on any atom is 0.158 e. The van der Waals surface area contributed by atoms with E-state index in [4.69, 9.17) is 0 Å². The lowest BCUT2D eigenvalue weighted by Crippen LogP contribution is -2.12. The number of carbonyl (C=O) groups is 1. The molecule has 0 amide bonds. The molecule has 1 rings (SSSR count). The van der Waals surface area contributed by atoms with Crippen LogP contribution in [0, 0.1) is 5.92 Å². The third-order valence-electron chi connectivity index (χ3n) is 2.28. The van der Waals surface area contributed by atoms with Crippen molar-refractivity contribution >= 4 is 5.78 Å². The molecular weight excluding hydrogens is 148 g/mol. The molecule has 0 N–H and O–H groups in total. The Morgan fingerprint density at radius 2 is 2.42 bits per heavy atom. The van der Waals surface area contributed by atoms with Crippen molar-refractivity contribution in [2.75, 3.05) is 0 Å². The number of allylic oxidation sites excluding steroid dienone is 3. The molecule has 1 unspecified atom stereocenters. The van der Waals surface area contributed by atoms with Crippen LogP contribution in [-0.2, 0) is 4.79 Å². The average Bonchev–Trinajstić information content (AvgIpc) is 1.96. The predicted octanol–water partition coefficient (Wildman–Crippen LogP) is 2.88. The van der Waals surface area contributed by atoms with Crippen molar-refractivity contribution < 1.29 is 4.79 Å². The van der Waals surface area contributed by atoms with Crippen molar-refractivity contribution in [1.82, 2.24) is 0 Å². The molecule has 0 bridgehead atoms. The van der Waals surface area contributed by atoms with E-state index in [1.807, 2.05) is 13.8 Å². The number of ketones is 1. The van der Waals surface area contributed by atoms with Gasteiger partial charge in [0, 0.05) is 6.42 Å². The molecule has 0 saturated heterocycles. The normalized spacial score (nSPS) is 23.7. The summed E-state index contributed by atoms with van der Waals surface area (Å²) in [5, 5.41) is 0. The maximum absolute atomic E-state index is 11.1. The van der Waals surface area contributed by atoms with Crippen LogP contribution in [0.5, 0.6) is 0 Å². The van der Waals surface area contributed by atoms with Gasteiger partial charge in [0.05, 0.1) is 0 Å². The third-order valence-corrected chi connectivity index (χ3v) is 2.28. The Morgan fingerprint density at radius 3 is 2.92 bits per heavy atom. The van der Waals surface area contributed by atoms with Gasteiger partial charge in [-0.2, -0.15) is 0 Å². The fourth-order valence-electron chi connectivity index (χ4n) is 1.65. The quantitative estimate of drug-likeness (QED) is 0.573. The van der Waals surface area contributed by atoms with Crippen LogP contribution < -0.4 is 0 Å². The summed E-state index contributed by atoms with van der Waals surface area (Å²) in [6.45, 7) is 7.83. The standard InChI is InChI=1S/C11H16O/c1-8(2)6-10-4-5-11(12)9(3)7-10/h7,10H,1,4-6H2,2-3H3. The van der Waals surface area contributed by atoms with E-state index in [2.05, 4.69) is 12.7 Å². The number of carbonyl (C=O) groups excluding carboxylic acids is 1. The smallest absolute Gasteiger partial charge is 0.158 e. The van der Waals surface area contributed by atoms with Crippen molar-refractivity contribution in [3.63, 3.8) is 0 Å². The molecule has 0 radical (unpaired) electrons. The van der Waals surface area contributed by atoms with Gasteiger partial charge in [-0.3, -0.25) is 4.79 Å². The van der Waals surface area contributed by atoms with Crippen LogP contribution in [0.15, 0.2) is 23.8 Å². The summed E-state index contributed by atoms with van der Waals surface area (Å²) in [5.74, 6) is 0.869. The molecular formula is C11H16O. The molecule has 0 heterocycles. The van der Waals surface area contributed by atoms with E-state index in [1.54, 1.807) is 0 Å². The van der Waals surface area contributed by atoms with E-state index >= 15 is 0 Å². The molecule has 0 aliphatic heterocycles. The zero-order valence-electron chi connectivity index (χ0n) is 7.89. The summed E-state index contributed by atoms with van der Waals surface area (Å²) in [5.41, 5.74) is 2.14. The fraction of sp³-hybridized carbons (Fsp3) is 0.545. The second-order valence-electron chi connectivity index (χ2n) is 3.73. The van der Waals surface area contributed by atoms with Crippen LogP contribution in [0.1, 0.15) is 33.1 Å². The first-order valence-electron chi connectivity index (χ1n) is 4.45. The number of hydrogen-bond acceptors (Lipinski definition) is 1. The summed E-state index contributed by atoms with van der Waals surface area (Å²) in [6.07, 6.45) is 4.86. The van der Waals surface area contributed by atoms with Crippen LogP contribution >= 0.6 is 0 Å². The van der Waals surface area contributed by atoms with Crippen molar-refractivity contribution in [3.8, 4) is 0 Å². The van der Waals surface area contributed by atoms with E-state index in [1.165, 1.54) is 5.57 Å². The Morgan fingerprint density at radius 1 is 1.75 bits per heavy atom. The molecule has 0 saturated carbocycles. The van der Waals surface area contributed by atoms with E-state index in [0.29, 0.717) is 11.7 Å². The van der Waals surface area contributed by atoms with Gasteiger partial charge in [-0.25, -0.2) is 0 Å². The largest absolute Gasteiger partial charge is 0.295 e.